The number of benzene rings is 1. The highest BCUT2D eigenvalue weighted by molar-refractivity contribution is 5.86. The molecule has 1 heterocycles. The second-order valence-electron chi connectivity index (χ2n) is 4.19. The summed E-state index contributed by atoms with van der Waals surface area (Å²) in [5.41, 5.74) is -3.78. The van der Waals surface area contributed by atoms with Crippen molar-refractivity contribution in [1.29, 1.82) is 0 Å². The van der Waals surface area contributed by atoms with Crippen LogP contribution in [0, 0.1) is 0 Å². The molecule has 2 aromatic rings. The lowest BCUT2D eigenvalue weighted by Crippen LogP contribution is -2.65. The first-order valence-corrected chi connectivity index (χ1v) is 5.38. The number of carboxylic acid groups (broad SMARTS) is 1. The monoisotopic (exact) mass is 284 g/mol. The SMILES string of the molecule is O=C(O)C(O)(N(O)O)C(O)(O)c1c[nH]c2ccccc12. The number of carbonyl (C=O) groups is 1. The van der Waals surface area contributed by atoms with Gasteiger partial charge in [-0.15, -0.1) is 0 Å². The quantitative estimate of drug-likeness (QED) is 0.283. The molecular weight excluding hydrogens is 272 g/mol. The fourth-order valence-electron chi connectivity index (χ4n) is 1.92. The fourth-order valence-corrected chi connectivity index (χ4v) is 1.92. The normalized spacial score (nSPS) is 15.5. The summed E-state index contributed by atoms with van der Waals surface area (Å²) in [5, 5.41) is 55.3. The molecule has 0 aliphatic heterocycles. The van der Waals surface area contributed by atoms with Crippen LogP contribution in [0.4, 0.5) is 0 Å². The molecule has 0 spiro atoms. The molecule has 9 heteroatoms. The number of aromatic nitrogens is 1. The molecule has 1 atom stereocenters. The summed E-state index contributed by atoms with van der Waals surface area (Å²) in [4.78, 5) is 13.6. The second kappa shape index (κ2) is 4.52. The van der Waals surface area contributed by atoms with Gasteiger partial charge in [0.25, 0.3) is 5.79 Å². The largest absolute Gasteiger partial charge is 0.478 e. The van der Waals surface area contributed by atoms with Crippen molar-refractivity contribution in [2.75, 3.05) is 0 Å². The molecule has 0 saturated carbocycles. The van der Waals surface area contributed by atoms with Crippen molar-refractivity contribution in [1.82, 2.24) is 10.2 Å². The van der Waals surface area contributed by atoms with Crippen LogP contribution < -0.4 is 0 Å². The van der Waals surface area contributed by atoms with Gasteiger partial charge >= 0.3 is 11.7 Å². The Labute approximate surface area is 111 Å². The topological polar surface area (TPSA) is 157 Å². The minimum Gasteiger partial charge on any atom is -0.478 e. The van der Waals surface area contributed by atoms with E-state index in [1.54, 1.807) is 18.2 Å². The van der Waals surface area contributed by atoms with Gasteiger partial charge in [0.2, 0.25) is 0 Å². The Bertz CT molecular complexity index is 651. The molecule has 0 aliphatic carbocycles. The van der Waals surface area contributed by atoms with E-state index in [4.69, 9.17) is 15.5 Å². The molecule has 0 radical (unpaired) electrons. The highest BCUT2D eigenvalue weighted by atomic mass is 16.8. The van der Waals surface area contributed by atoms with Gasteiger partial charge in [0, 0.05) is 22.7 Å². The van der Waals surface area contributed by atoms with E-state index in [1.807, 2.05) is 0 Å². The third kappa shape index (κ3) is 1.78. The summed E-state index contributed by atoms with van der Waals surface area (Å²) in [6, 6.07) is 6.20. The number of H-pyrrole nitrogens is 1. The number of aliphatic hydroxyl groups is 3. The van der Waals surface area contributed by atoms with Crippen molar-refractivity contribution in [3.63, 3.8) is 0 Å². The lowest BCUT2D eigenvalue weighted by molar-refractivity contribution is -0.465. The molecule has 0 aliphatic rings. The van der Waals surface area contributed by atoms with Crippen molar-refractivity contribution in [2.24, 2.45) is 0 Å². The fraction of sp³-hybridized carbons (Fsp3) is 0.182. The molecule has 0 saturated heterocycles. The Morgan fingerprint density at radius 3 is 2.30 bits per heavy atom. The van der Waals surface area contributed by atoms with Crippen LogP contribution in [0.2, 0.25) is 0 Å². The first kappa shape index (κ1) is 14.4. The van der Waals surface area contributed by atoms with E-state index in [0.717, 1.165) is 6.20 Å². The lowest BCUT2D eigenvalue weighted by atomic mass is 9.94. The molecule has 1 aromatic heterocycles. The van der Waals surface area contributed by atoms with Crippen molar-refractivity contribution < 1.29 is 35.6 Å². The lowest BCUT2D eigenvalue weighted by Gasteiger charge is -2.36. The number of carboxylic acids is 1. The minimum atomic E-state index is -3.78. The van der Waals surface area contributed by atoms with Crippen LogP contribution in [0.3, 0.4) is 0 Å². The minimum absolute atomic E-state index is 0.194. The van der Waals surface area contributed by atoms with Crippen LogP contribution in [0.25, 0.3) is 10.9 Å². The van der Waals surface area contributed by atoms with E-state index < -0.39 is 28.3 Å². The maximum atomic E-state index is 11.0. The van der Waals surface area contributed by atoms with Gasteiger partial charge < -0.3 is 25.4 Å². The van der Waals surface area contributed by atoms with Crippen molar-refractivity contribution >= 4 is 16.9 Å². The van der Waals surface area contributed by atoms with Crippen LogP contribution in [-0.4, -0.2) is 52.7 Å². The number of nitrogens with zero attached hydrogens (tertiary/aromatic N) is 1. The molecule has 7 N–H and O–H groups in total. The predicted octanol–water partition coefficient (Wildman–Crippen LogP) is -0.841. The Morgan fingerprint density at radius 1 is 1.15 bits per heavy atom. The molecular formula is C11H12N2O7. The molecule has 9 nitrogen and oxygen atoms in total. The highest BCUT2D eigenvalue weighted by Gasteiger charge is 2.62. The summed E-state index contributed by atoms with van der Waals surface area (Å²) in [6.07, 6.45) is 1.04. The molecule has 20 heavy (non-hydrogen) atoms. The first-order valence-electron chi connectivity index (χ1n) is 5.38. The number of nitrogens with one attached hydrogen (secondary N) is 1. The van der Waals surface area contributed by atoms with Crippen LogP contribution in [-0.2, 0) is 10.6 Å². The Kier molecular flexibility index (Phi) is 3.26. The number of aliphatic carboxylic acids is 1. The van der Waals surface area contributed by atoms with E-state index in [0.29, 0.717) is 5.52 Å². The van der Waals surface area contributed by atoms with E-state index in [2.05, 4.69) is 4.98 Å². The van der Waals surface area contributed by atoms with Gasteiger partial charge in [-0.05, 0) is 11.3 Å². The summed E-state index contributed by atoms with van der Waals surface area (Å²) >= 11 is 0. The van der Waals surface area contributed by atoms with Crippen LogP contribution >= 0.6 is 0 Å². The molecule has 1 aromatic carbocycles. The summed E-state index contributed by atoms with van der Waals surface area (Å²) in [5.74, 6) is -5.76. The Balaban J connectivity index is 2.67. The molecule has 2 rings (SSSR count). The van der Waals surface area contributed by atoms with Gasteiger partial charge in [-0.2, -0.15) is 0 Å². The molecule has 108 valence electrons. The maximum Gasteiger partial charge on any atom is 0.362 e. The van der Waals surface area contributed by atoms with Crippen LogP contribution in [0.5, 0.6) is 0 Å². The predicted molar refractivity (Wildman–Crippen MR) is 62.4 cm³/mol. The number of hydrogen-bond acceptors (Lipinski definition) is 7. The van der Waals surface area contributed by atoms with Crippen molar-refractivity contribution in [3.05, 3.63) is 36.0 Å². The number of hydroxylamine groups is 2. The molecule has 0 fully saturated rings. The number of aromatic amines is 1. The third-order valence-corrected chi connectivity index (χ3v) is 3.04. The molecule has 0 amide bonds. The standard InChI is InChI=1S/C11H12N2O7/c14-9(15)10(16,13(19)20)11(17,18)7-5-12-8-4-2-1-3-6(7)8/h1-5,12,16-20H,(H,14,15). The van der Waals surface area contributed by atoms with Gasteiger partial charge in [0.1, 0.15) is 0 Å². The van der Waals surface area contributed by atoms with Crippen molar-refractivity contribution in [2.45, 2.75) is 11.5 Å². The number of rotatable bonds is 4. The van der Waals surface area contributed by atoms with Gasteiger partial charge in [-0.1, -0.05) is 18.2 Å². The zero-order valence-electron chi connectivity index (χ0n) is 9.93. The van der Waals surface area contributed by atoms with Crippen LogP contribution in [0.1, 0.15) is 5.56 Å². The van der Waals surface area contributed by atoms with Gasteiger partial charge in [0.15, 0.2) is 0 Å². The van der Waals surface area contributed by atoms with Crippen LogP contribution in [0.15, 0.2) is 30.5 Å². The van der Waals surface area contributed by atoms with Gasteiger partial charge in [-0.25, -0.2) is 4.79 Å². The van der Waals surface area contributed by atoms with E-state index in [9.17, 15) is 20.1 Å². The zero-order valence-corrected chi connectivity index (χ0v) is 9.93. The smallest absolute Gasteiger partial charge is 0.362 e. The summed E-state index contributed by atoms with van der Waals surface area (Å²) in [6.45, 7) is 0. The third-order valence-electron chi connectivity index (χ3n) is 3.04. The molecule has 1 unspecified atom stereocenters. The number of fused-ring (bicyclic) bond motifs is 1. The summed E-state index contributed by atoms with van der Waals surface area (Å²) in [7, 11) is 0. The number of para-hydroxylation sites is 1. The van der Waals surface area contributed by atoms with Crippen molar-refractivity contribution in [3.8, 4) is 0 Å². The average Bonchev–Trinajstić information content (AvgIpc) is 2.81. The average molecular weight is 284 g/mol. The second-order valence-corrected chi connectivity index (χ2v) is 4.19. The Morgan fingerprint density at radius 2 is 1.75 bits per heavy atom. The number of hydrogen-bond donors (Lipinski definition) is 7. The zero-order chi connectivity index (χ0) is 15.1. The van der Waals surface area contributed by atoms with E-state index >= 15 is 0 Å². The Hall–Kier alpha value is -2.01. The van der Waals surface area contributed by atoms with Gasteiger partial charge in [0.05, 0.1) is 0 Å². The first-order chi connectivity index (χ1) is 9.23. The highest BCUT2D eigenvalue weighted by Crippen LogP contribution is 2.36. The molecule has 0 bridgehead atoms. The van der Waals surface area contributed by atoms with E-state index in [-0.39, 0.29) is 5.39 Å². The summed E-state index contributed by atoms with van der Waals surface area (Å²) < 4.78 is 0. The van der Waals surface area contributed by atoms with Gasteiger partial charge in [-0.3, -0.25) is 10.4 Å². The maximum absolute atomic E-state index is 11.0. The van der Waals surface area contributed by atoms with E-state index in [1.165, 1.54) is 6.07 Å².